The molecule has 0 aliphatic carbocycles. The van der Waals surface area contributed by atoms with E-state index in [2.05, 4.69) is 47.9 Å². The van der Waals surface area contributed by atoms with Gasteiger partial charge in [-0.05, 0) is 61.4 Å². The number of rotatable bonds is 7. The Balaban J connectivity index is 1.48. The highest BCUT2D eigenvalue weighted by atomic mass is 35.5. The highest BCUT2D eigenvalue weighted by molar-refractivity contribution is 6.30. The minimum atomic E-state index is 0.663. The molecule has 146 valence electrons. The van der Waals surface area contributed by atoms with Gasteiger partial charge < -0.3 is 9.30 Å². The summed E-state index contributed by atoms with van der Waals surface area (Å²) < 4.78 is 8.14. The van der Waals surface area contributed by atoms with E-state index in [4.69, 9.17) is 21.3 Å². The average molecular weight is 403 g/mol. The lowest BCUT2D eigenvalue weighted by Crippen LogP contribution is -2.06. The molecule has 0 spiro atoms. The van der Waals surface area contributed by atoms with Crippen LogP contribution < -0.4 is 4.74 Å². The van der Waals surface area contributed by atoms with Crippen LogP contribution in [0.25, 0.3) is 23.2 Å². The number of para-hydroxylation sites is 2. The fourth-order valence-corrected chi connectivity index (χ4v) is 3.37. The molecule has 0 bridgehead atoms. The lowest BCUT2D eigenvalue weighted by atomic mass is 10.2. The van der Waals surface area contributed by atoms with Gasteiger partial charge in [0.05, 0.1) is 17.6 Å². The molecule has 0 unspecified atom stereocenters. The van der Waals surface area contributed by atoms with Gasteiger partial charge in [0.1, 0.15) is 11.6 Å². The molecular weight excluding hydrogens is 380 g/mol. The molecule has 0 N–H and O–H groups in total. The van der Waals surface area contributed by atoms with Crippen molar-refractivity contribution in [1.82, 2.24) is 9.55 Å². The van der Waals surface area contributed by atoms with Gasteiger partial charge in [0.2, 0.25) is 0 Å². The number of hydrogen-bond acceptors (Lipinski definition) is 2. The lowest BCUT2D eigenvalue weighted by molar-refractivity contribution is 0.302. The zero-order valence-electron chi connectivity index (χ0n) is 16.4. The first-order valence-electron chi connectivity index (χ1n) is 9.77. The molecule has 0 saturated carbocycles. The zero-order valence-corrected chi connectivity index (χ0v) is 17.1. The minimum Gasteiger partial charge on any atom is -0.494 e. The molecule has 0 aliphatic rings. The van der Waals surface area contributed by atoms with Crippen molar-refractivity contribution in [1.29, 1.82) is 0 Å². The molecule has 3 nitrogen and oxygen atoms in total. The average Bonchev–Trinajstić information content (AvgIpc) is 3.10. The summed E-state index contributed by atoms with van der Waals surface area (Å²) in [5.74, 6) is 1.85. The van der Waals surface area contributed by atoms with Gasteiger partial charge in [0, 0.05) is 11.6 Å². The quantitative estimate of drug-likeness (QED) is 0.324. The van der Waals surface area contributed by atoms with E-state index < -0.39 is 0 Å². The first kappa shape index (κ1) is 19.3. The molecule has 29 heavy (non-hydrogen) atoms. The van der Waals surface area contributed by atoms with Crippen molar-refractivity contribution >= 4 is 34.8 Å². The van der Waals surface area contributed by atoms with Crippen LogP contribution in [0, 0.1) is 6.92 Å². The summed E-state index contributed by atoms with van der Waals surface area (Å²) in [5, 5.41) is 0.739. The van der Waals surface area contributed by atoms with E-state index in [-0.39, 0.29) is 0 Å². The Bertz CT molecular complexity index is 1110. The van der Waals surface area contributed by atoms with Crippen LogP contribution in [0.2, 0.25) is 5.02 Å². The van der Waals surface area contributed by atoms with Crippen molar-refractivity contribution in [3.63, 3.8) is 0 Å². The number of hydrogen-bond donors (Lipinski definition) is 0. The monoisotopic (exact) mass is 402 g/mol. The van der Waals surface area contributed by atoms with E-state index in [0.717, 1.165) is 46.2 Å². The summed E-state index contributed by atoms with van der Waals surface area (Å²) in [6.07, 6.45) is 5.02. The smallest absolute Gasteiger partial charge is 0.133 e. The van der Waals surface area contributed by atoms with Crippen molar-refractivity contribution in [3.8, 4) is 5.75 Å². The number of aryl methyl sites for hydroxylation is 2. The predicted molar refractivity (Wildman–Crippen MR) is 121 cm³/mol. The Kier molecular flexibility index (Phi) is 5.97. The van der Waals surface area contributed by atoms with Gasteiger partial charge in [0.15, 0.2) is 0 Å². The van der Waals surface area contributed by atoms with E-state index in [1.165, 1.54) is 5.56 Å². The van der Waals surface area contributed by atoms with Gasteiger partial charge in [0.25, 0.3) is 0 Å². The van der Waals surface area contributed by atoms with Crippen molar-refractivity contribution < 1.29 is 4.74 Å². The molecular formula is C25H23ClN2O. The molecule has 0 amide bonds. The number of benzene rings is 3. The summed E-state index contributed by atoms with van der Waals surface area (Å²) in [5.41, 5.74) is 4.47. The number of nitrogens with zero attached hydrogens (tertiary/aromatic N) is 2. The zero-order chi connectivity index (χ0) is 20.1. The van der Waals surface area contributed by atoms with Crippen LogP contribution in [-0.2, 0) is 6.54 Å². The number of aromatic nitrogens is 2. The van der Waals surface area contributed by atoms with E-state index >= 15 is 0 Å². The molecule has 1 heterocycles. The van der Waals surface area contributed by atoms with Crippen molar-refractivity contribution in [2.24, 2.45) is 0 Å². The first-order valence-corrected chi connectivity index (χ1v) is 10.2. The molecule has 4 heteroatoms. The Morgan fingerprint density at radius 3 is 2.48 bits per heavy atom. The molecule has 4 aromatic rings. The number of fused-ring (bicyclic) bond motifs is 1. The van der Waals surface area contributed by atoms with Crippen LogP contribution >= 0.6 is 11.6 Å². The van der Waals surface area contributed by atoms with Crippen LogP contribution in [0.5, 0.6) is 5.75 Å². The molecule has 0 atom stereocenters. The van der Waals surface area contributed by atoms with Crippen LogP contribution in [0.4, 0.5) is 0 Å². The second kappa shape index (κ2) is 8.97. The van der Waals surface area contributed by atoms with Gasteiger partial charge in [-0.3, -0.25) is 0 Å². The largest absolute Gasteiger partial charge is 0.494 e. The van der Waals surface area contributed by atoms with Crippen molar-refractivity contribution in [3.05, 3.63) is 94.8 Å². The molecule has 0 radical (unpaired) electrons. The fraction of sp³-hybridized carbons (Fsp3) is 0.160. The van der Waals surface area contributed by atoms with Crippen LogP contribution in [-0.4, -0.2) is 16.2 Å². The topological polar surface area (TPSA) is 27.1 Å². The van der Waals surface area contributed by atoms with Gasteiger partial charge in [-0.2, -0.15) is 0 Å². The Morgan fingerprint density at radius 2 is 1.69 bits per heavy atom. The first-order chi connectivity index (χ1) is 14.2. The van der Waals surface area contributed by atoms with E-state index in [0.29, 0.717) is 6.61 Å². The molecule has 4 rings (SSSR count). The normalized spacial score (nSPS) is 11.4. The number of imidazole rings is 1. The van der Waals surface area contributed by atoms with Crippen molar-refractivity contribution in [2.45, 2.75) is 19.9 Å². The highest BCUT2D eigenvalue weighted by Gasteiger charge is 2.08. The summed E-state index contributed by atoms with van der Waals surface area (Å²) >= 11 is 5.98. The maximum atomic E-state index is 5.98. The molecule has 0 aliphatic heterocycles. The highest BCUT2D eigenvalue weighted by Crippen LogP contribution is 2.19. The maximum absolute atomic E-state index is 5.98. The lowest BCUT2D eigenvalue weighted by Gasteiger charge is -2.09. The molecule has 1 aromatic heterocycles. The van der Waals surface area contributed by atoms with Crippen LogP contribution in [0.3, 0.4) is 0 Å². The summed E-state index contributed by atoms with van der Waals surface area (Å²) in [6.45, 7) is 3.58. The van der Waals surface area contributed by atoms with E-state index in [9.17, 15) is 0 Å². The van der Waals surface area contributed by atoms with E-state index in [1.807, 2.05) is 48.5 Å². The maximum Gasteiger partial charge on any atom is 0.133 e. The predicted octanol–water partition coefficient (Wildman–Crippen LogP) is 6.64. The Labute approximate surface area is 176 Å². The summed E-state index contributed by atoms with van der Waals surface area (Å²) in [7, 11) is 0. The molecule has 0 saturated heterocycles. The number of halogens is 1. The fourth-order valence-electron chi connectivity index (χ4n) is 3.25. The minimum absolute atomic E-state index is 0.663. The number of ether oxygens (including phenoxy) is 1. The Morgan fingerprint density at radius 1 is 0.931 bits per heavy atom. The second-order valence-electron chi connectivity index (χ2n) is 7.01. The SMILES string of the molecule is Cc1ccc(OCCCn2c(C=Cc3ccc(Cl)cc3)nc3ccccc32)cc1. The molecule has 3 aromatic carbocycles. The summed E-state index contributed by atoms with van der Waals surface area (Å²) in [4.78, 5) is 4.80. The van der Waals surface area contributed by atoms with Crippen LogP contribution in [0.15, 0.2) is 72.8 Å². The molecule has 0 fully saturated rings. The third-order valence-electron chi connectivity index (χ3n) is 4.79. The standard InChI is InChI=1S/C25H23ClN2O/c1-19-7-14-22(15-8-19)29-18-4-17-28-24-6-3-2-5-23(24)27-25(28)16-11-20-9-12-21(26)13-10-20/h2-3,5-16H,4,17-18H2,1H3. The third-order valence-corrected chi connectivity index (χ3v) is 5.05. The summed E-state index contributed by atoms with van der Waals surface area (Å²) in [6, 6.07) is 24.2. The third kappa shape index (κ3) is 4.87. The van der Waals surface area contributed by atoms with Crippen molar-refractivity contribution in [2.75, 3.05) is 6.61 Å². The van der Waals surface area contributed by atoms with Crippen LogP contribution in [0.1, 0.15) is 23.4 Å². The van der Waals surface area contributed by atoms with Gasteiger partial charge in [-0.1, -0.05) is 59.6 Å². The van der Waals surface area contributed by atoms with Gasteiger partial charge >= 0.3 is 0 Å². The van der Waals surface area contributed by atoms with E-state index in [1.54, 1.807) is 0 Å². The van der Waals surface area contributed by atoms with Gasteiger partial charge in [-0.25, -0.2) is 4.98 Å². The second-order valence-corrected chi connectivity index (χ2v) is 7.45. The van der Waals surface area contributed by atoms with Gasteiger partial charge in [-0.15, -0.1) is 0 Å². The Hall–Kier alpha value is -3.04.